The van der Waals surface area contributed by atoms with Crippen molar-refractivity contribution < 1.29 is 4.74 Å². The van der Waals surface area contributed by atoms with Gasteiger partial charge in [-0.3, -0.25) is 0 Å². The third-order valence-corrected chi connectivity index (χ3v) is 3.71. The van der Waals surface area contributed by atoms with Gasteiger partial charge in [0.25, 0.3) is 0 Å². The summed E-state index contributed by atoms with van der Waals surface area (Å²) in [5, 5.41) is 4.68. The molecule has 1 aromatic carbocycles. The van der Waals surface area contributed by atoms with E-state index in [1.807, 2.05) is 0 Å². The molecule has 0 radical (unpaired) electrons. The molecule has 19 heavy (non-hydrogen) atoms. The topological polar surface area (TPSA) is 26.2 Å². The molecule has 3 nitrogen and oxygen atoms in total. The van der Waals surface area contributed by atoms with Crippen LogP contribution in [0.2, 0.25) is 0 Å². The summed E-state index contributed by atoms with van der Waals surface area (Å²) in [6.07, 6.45) is 4.56. The zero-order valence-electron chi connectivity index (χ0n) is 11.4. The monoisotopic (exact) mass is 324 g/mol. The van der Waals surface area contributed by atoms with E-state index in [0.717, 1.165) is 30.7 Å². The Morgan fingerprint density at radius 3 is 2.95 bits per heavy atom. The number of benzene rings is 1. The van der Waals surface area contributed by atoms with Crippen LogP contribution in [0.4, 0.5) is 0 Å². The maximum atomic E-state index is 5.00. The van der Waals surface area contributed by atoms with Crippen LogP contribution < -0.4 is 5.32 Å². The smallest absolute Gasteiger partial charge is 0.0587 e. The number of ether oxygens (including phenoxy) is 1. The standard InChI is InChI=1S/C15H21BrN2O/c1-19-11-8-17-7-2-3-9-18-10-6-13-4-5-14(16)12-15(13)18/h4-6,10,12,17H,2-3,7-9,11H2,1H3. The van der Waals surface area contributed by atoms with Crippen molar-refractivity contribution in [2.24, 2.45) is 0 Å². The number of hydrogen-bond acceptors (Lipinski definition) is 2. The fourth-order valence-corrected chi connectivity index (χ4v) is 2.53. The normalized spacial score (nSPS) is 11.3. The largest absolute Gasteiger partial charge is 0.383 e. The summed E-state index contributed by atoms with van der Waals surface area (Å²) in [7, 11) is 1.73. The number of aryl methyl sites for hydroxylation is 1. The van der Waals surface area contributed by atoms with E-state index in [2.05, 4.69) is 56.3 Å². The molecule has 0 saturated heterocycles. The van der Waals surface area contributed by atoms with Crippen LogP contribution in [-0.4, -0.2) is 31.4 Å². The Balaban J connectivity index is 1.77. The van der Waals surface area contributed by atoms with Crippen LogP contribution in [0.1, 0.15) is 12.8 Å². The van der Waals surface area contributed by atoms with Crippen molar-refractivity contribution >= 4 is 26.8 Å². The molecular weight excluding hydrogens is 304 g/mol. The predicted molar refractivity (Wildman–Crippen MR) is 83.6 cm³/mol. The van der Waals surface area contributed by atoms with Crippen LogP contribution in [0, 0.1) is 0 Å². The molecule has 1 N–H and O–H groups in total. The van der Waals surface area contributed by atoms with Crippen LogP contribution >= 0.6 is 15.9 Å². The Labute approximate surface area is 123 Å². The van der Waals surface area contributed by atoms with E-state index in [1.54, 1.807) is 7.11 Å². The van der Waals surface area contributed by atoms with Gasteiger partial charge in [0, 0.05) is 36.4 Å². The molecule has 0 atom stereocenters. The average molecular weight is 325 g/mol. The predicted octanol–water partition coefficient (Wildman–Crippen LogP) is 3.42. The molecule has 0 amide bonds. The number of unbranched alkanes of at least 4 members (excludes halogenated alkanes) is 1. The lowest BCUT2D eigenvalue weighted by molar-refractivity contribution is 0.199. The van der Waals surface area contributed by atoms with E-state index in [0.29, 0.717) is 0 Å². The Morgan fingerprint density at radius 2 is 2.11 bits per heavy atom. The van der Waals surface area contributed by atoms with Gasteiger partial charge in [0.05, 0.1) is 6.61 Å². The Morgan fingerprint density at radius 1 is 1.21 bits per heavy atom. The van der Waals surface area contributed by atoms with E-state index in [4.69, 9.17) is 4.74 Å². The highest BCUT2D eigenvalue weighted by atomic mass is 79.9. The van der Waals surface area contributed by atoms with E-state index < -0.39 is 0 Å². The van der Waals surface area contributed by atoms with E-state index in [1.165, 1.54) is 23.7 Å². The molecule has 1 aromatic heterocycles. The minimum Gasteiger partial charge on any atom is -0.383 e. The lowest BCUT2D eigenvalue weighted by Gasteiger charge is -2.07. The van der Waals surface area contributed by atoms with Gasteiger partial charge in [-0.15, -0.1) is 0 Å². The second-order valence-corrected chi connectivity index (χ2v) is 5.58. The fourth-order valence-electron chi connectivity index (χ4n) is 2.18. The van der Waals surface area contributed by atoms with E-state index >= 15 is 0 Å². The number of nitrogens with one attached hydrogen (secondary N) is 1. The fraction of sp³-hybridized carbons (Fsp3) is 0.467. The molecule has 0 fully saturated rings. The number of hydrogen-bond donors (Lipinski definition) is 1. The molecule has 2 aromatic rings. The van der Waals surface area contributed by atoms with E-state index in [9.17, 15) is 0 Å². The lowest BCUT2D eigenvalue weighted by Crippen LogP contribution is -2.20. The van der Waals surface area contributed by atoms with Gasteiger partial charge < -0.3 is 14.6 Å². The summed E-state index contributed by atoms with van der Waals surface area (Å²) >= 11 is 3.53. The van der Waals surface area contributed by atoms with Crippen molar-refractivity contribution in [1.29, 1.82) is 0 Å². The number of methoxy groups -OCH3 is 1. The molecule has 1 heterocycles. The van der Waals surface area contributed by atoms with Gasteiger partial charge in [-0.25, -0.2) is 0 Å². The first kappa shape index (κ1) is 14.6. The summed E-state index contributed by atoms with van der Waals surface area (Å²) in [4.78, 5) is 0. The van der Waals surface area contributed by atoms with Gasteiger partial charge in [-0.1, -0.05) is 22.0 Å². The molecule has 4 heteroatoms. The van der Waals surface area contributed by atoms with Gasteiger partial charge in [0.2, 0.25) is 0 Å². The van der Waals surface area contributed by atoms with Crippen molar-refractivity contribution in [2.45, 2.75) is 19.4 Å². The van der Waals surface area contributed by atoms with Gasteiger partial charge in [0.15, 0.2) is 0 Å². The Hall–Kier alpha value is -0.840. The van der Waals surface area contributed by atoms with Gasteiger partial charge in [-0.2, -0.15) is 0 Å². The number of halogens is 1. The first-order chi connectivity index (χ1) is 9.31. The number of fused-ring (bicyclic) bond motifs is 1. The Kier molecular flexibility index (Phi) is 5.89. The second-order valence-electron chi connectivity index (χ2n) is 4.66. The summed E-state index contributed by atoms with van der Waals surface area (Å²) in [5.74, 6) is 0. The van der Waals surface area contributed by atoms with Crippen LogP contribution in [0.3, 0.4) is 0 Å². The number of rotatable bonds is 8. The van der Waals surface area contributed by atoms with Crippen LogP contribution in [0.5, 0.6) is 0 Å². The van der Waals surface area contributed by atoms with Crippen molar-refractivity contribution in [3.05, 3.63) is 34.9 Å². The van der Waals surface area contributed by atoms with E-state index in [-0.39, 0.29) is 0 Å². The van der Waals surface area contributed by atoms with Crippen LogP contribution in [0.25, 0.3) is 10.9 Å². The molecule has 104 valence electrons. The summed E-state index contributed by atoms with van der Waals surface area (Å²) in [6, 6.07) is 8.61. The average Bonchev–Trinajstić information content (AvgIpc) is 2.80. The number of aromatic nitrogens is 1. The molecule has 0 aliphatic carbocycles. The minimum absolute atomic E-state index is 0.788. The second kappa shape index (κ2) is 7.68. The zero-order valence-corrected chi connectivity index (χ0v) is 12.9. The van der Waals surface area contributed by atoms with Gasteiger partial charge >= 0.3 is 0 Å². The van der Waals surface area contributed by atoms with Gasteiger partial charge in [0.1, 0.15) is 0 Å². The minimum atomic E-state index is 0.788. The lowest BCUT2D eigenvalue weighted by atomic mass is 10.2. The molecule has 0 saturated carbocycles. The highest BCUT2D eigenvalue weighted by Crippen LogP contribution is 2.21. The molecule has 0 spiro atoms. The molecular formula is C15H21BrN2O. The quantitative estimate of drug-likeness (QED) is 0.753. The maximum Gasteiger partial charge on any atom is 0.0587 e. The molecule has 0 aliphatic heterocycles. The number of nitrogens with zero attached hydrogens (tertiary/aromatic N) is 1. The molecule has 0 unspecified atom stereocenters. The molecule has 0 aliphatic rings. The van der Waals surface area contributed by atoms with Crippen molar-refractivity contribution in [1.82, 2.24) is 9.88 Å². The zero-order chi connectivity index (χ0) is 13.5. The highest BCUT2D eigenvalue weighted by Gasteiger charge is 2.01. The van der Waals surface area contributed by atoms with Crippen molar-refractivity contribution in [2.75, 3.05) is 26.8 Å². The maximum absolute atomic E-state index is 5.00. The van der Waals surface area contributed by atoms with Crippen LogP contribution in [0.15, 0.2) is 34.9 Å². The third kappa shape index (κ3) is 4.34. The molecule has 2 rings (SSSR count). The summed E-state index contributed by atoms with van der Waals surface area (Å²) in [5.41, 5.74) is 1.31. The first-order valence-corrected chi connectivity index (χ1v) is 7.54. The van der Waals surface area contributed by atoms with Crippen LogP contribution in [-0.2, 0) is 11.3 Å². The third-order valence-electron chi connectivity index (χ3n) is 3.22. The van der Waals surface area contributed by atoms with Gasteiger partial charge in [-0.05, 0) is 43.0 Å². The summed E-state index contributed by atoms with van der Waals surface area (Å²) in [6.45, 7) is 3.87. The van der Waals surface area contributed by atoms with Crippen molar-refractivity contribution in [3.8, 4) is 0 Å². The SMILES string of the molecule is COCCNCCCCn1ccc2ccc(Br)cc21. The molecule has 0 bridgehead atoms. The first-order valence-electron chi connectivity index (χ1n) is 6.75. The van der Waals surface area contributed by atoms with Crippen molar-refractivity contribution in [3.63, 3.8) is 0 Å². The Bertz CT molecular complexity index is 510. The summed E-state index contributed by atoms with van der Waals surface area (Å²) < 4.78 is 8.46. The highest BCUT2D eigenvalue weighted by molar-refractivity contribution is 9.10.